The van der Waals surface area contributed by atoms with Crippen molar-refractivity contribution in [3.05, 3.63) is 0 Å². The number of carbonyl (C=O) groups excluding carboxylic acids is 2. The van der Waals surface area contributed by atoms with Crippen LogP contribution in [0.4, 0.5) is 0 Å². The minimum atomic E-state index is -0.131. The molecule has 0 aromatic heterocycles. The maximum atomic E-state index is 12.0. The molecule has 2 unspecified atom stereocenters. The van der Waals surface area contributed by atoms with E-state index in [2.05, 4.69) is 27.7 Å². The van der Waals surface area contributed by atoms with Crippen molar-refractivity contribution in [2.24, 2.45) is 11.8 Å². The average Bonchev–Trinajstić information content (AvgIpc) is 2.93. The highest BCUT2D eigenvalue weighted by molar-refractivity contribution is 5.70. The fourth-order valence-electron chi connectivity index (χ4n) is 5.33. The largest absolute Gasteiger partial charge is 0.466 e. The molecule has 4 nitrogen and oxygen atoms in total. The number of rotatable bonds is 31. The molecule has 0 heterocycles. The molecule has 0 aliphatic rings. The Morgan fingerprint density at radius 3 is 1.05 bits per heavy atom. The SMILES string of the molecule is CCCCCCCCCCCC(C)CCOC(=O)CCCCC(=O)OCCC(C)CCCCCCCCCCC. The van der Waals surface area contributed by atoms with Gasteiger partial charge in [0.05, 0.1) is 13.2 Å². The van der Waals surface area contributed by atoms with Gasteiger partial charge in [-0.2, -0.15) is 0 Å². The number of hydrogen-bond acceptors (Lipinski definition) is 4. The quantitative estimate of drug-likeness (QED) is 0.0618. The maximum Gasteiger partial charge on any atom is 0.305 e. The topological polar surface area (TPSA) is 52.6 Å². The van der Waals surface area contributed by atoms with Crippen LogP contribution in [-0.2, 0) is 19.1 Å². The minimum Gasteiger partial charge on any atom is -0.466 e. The molecule has 0 saturated heterocycles. The predicted octanol–water partition coefficient (Wildman–Crippen LogP) is 11.5. The second-order valence-corrected chi connectivity index (χ2v) is 12.7. The number of esters is 2. The van der Waals surface area contributed by atoms with Crippen LogP contribution in [-0.4, -0.2) is 25.2 Å². The maximum absolute atomic E-state index is 12.0. The fourth-order valence-corrected chi connectivity index (χ4v) is 5.33. The zero-order valence-corrected chi connectivity index (χ0v) is 27.6. The van der Waals surface area contributed by atoms with Crippen LogP contribution in [0.2, 0.25) is 0 Å². The summed E-state index contributed by atoms with van der Waals surface area (Å²) in [6.07, 6.45) is 31.1. The van der Waals surface area contributed by atoms with Gasteiger partial charge in [-0.3, -0.25) is 9.59 Å². The van der Waals surface area contributed by atoms with Crippen molar-refractivity contribution in [3.8, 4) is 0 Å². The molecule has 0 aliphatic heterocycles. The van der Waals surface area contributed by atoms with Crippen LogP contribution in [0.1, 0.15) is 195 Å². The summed E-state index contributed by atoms with van der Waals surface area (Å²) in [6.45, 7) is 10.1. The highest BCUT2D eigenvalue weighted by Gasteiger charge is 2.09. The minimum absolute atomic E-state index is 0.131. The van der Waals surface area contributed by atoms with Crippen molar-refractivity contribution in [1.82, 2.24) is 0 Å². The van der Waals surface area contributed by atoms with Gasteiger partial charge in [0.15, 0.2) is 0 Å². The molecule has 0 radical (unpaired) electrons. The smallest absolute Gasteiger partial charge is 0.305 e. The molecular formula is C36H70O4. The fraction of sp³-hybridized carbons (Fsp3) is 0.944. The van der Waals surface area contributed by atoms with E-state index >= 15 is 0 Å². The van der Waals surface area contributed by atoms with E-state index in [1.54, 1.807) is 0 Å². The summed E-state index contributed by atoms with van der Waals surface area (Å²) in [4.78, 5) is 24.0. The molecule has 40 heavy (non-hydrogen) atoms. The van der Waals surface area contributed by atoms with Gasteiger partial charge in [-0.05, 0) is 37.5 Å². The molecule has 0 fully saturated rings. The van der Waals surface area contributed by atoms with E-state index in [4.69, 9.17) is 9.47 Å². The lowest BCUT2D eigenvalue weighted by Gasteiger charge is -2.12. The van der Waals surface area contributed by atoms with Crippen LogP contribution >= 0.6 is 0 Å². The molecule has 0 spiro atoms. The zero-order valence-electron chi connectivity index (χ0n) is 27.6. The van der Waals surface area contributed by atoms with Gasteiger partial charge in [0.2, 0.25) is 0 Å². The van der Waals surface area contributed by atoms with Crippen LogP contribution in [0.15, 0.2) is 0 Å². The van der Waals surface area contributed by atoms with E-state index < -0.39 is 0 Å². The summed E-state index contributed by atoms with van der Waals surface area (Å²) in [6, 6.07) is 0. The lowest BCUT2D eigenvalue weighted by molar-refractivity contribution is -0.146. The van der Waals surface area contributed by atoms with Crippen molar-refractivity contribution in [2.45, 2.75) is 195 Å². The Kier molecular flexibility index (Phi) is 30.1. The normalized spacial score (nSPS) is 12.8. The lowest BCUT2D eigenvalue weighted by atomic mass is 9.99. The van der Waals surface area contributed by atoms with E-state index in [-0.39, 0.29) is 11.9 Å². The van der Waals surface area contributed by atoms with E-state index in [1.807, 2.05) is 0 Å². The van der Waals surface area contributed by atoms with E-state index in [0.717, 1.165) is 12.8 Å². The second-order valence-electron chi connectivity index (χ2n) is 12.7. The third-order valence-corrected chi connectivity index (χ3v) is 8.36. The van der Waals surface area contributed by atoms with Gasteiger partial charge in [0.1, 0.15) is 0 Å². The van der Waals surface area contributed by atoms with E-state index in [0.29, 0.717) is 50.7 Å². The first kappa shape index (κ1) is 38.9. The van der Waals surface area contributed by atoms with Crippen molar-refractivity contribution in [2.75, 3.05) is 13.2 Å². The molecule has 0 rings (SSSR count). The molecule has 0 aromatic rings. The molecule has 0 aliphatic carbocycles. The van der Waals surface area contributed by atoms with Gasteiger partial charge < -0.3 is 9.47 Å². The molecule has 4 heteroatoms. The Bertz CT molecular complexity index is 499. The first-order valence-corrected chi connectivity index (χ1v) is 17.8. The summed E-state index contributed by atoms with van der Waals surface area (Å²) < 4.78 is 10.8. The molecular weight excluding hydrogens is 496 g/mol. The number of hydrogen-bond donors (Lipinski definition) is 0. The number of unbranched alkanes of at least 4 members (excludes halogenated alkanes) is 17. The highest BCUT2D eigenvalue weighted by atomic mass is 16.5. The van der Waals surface area contributed by atoms with Crippen molar-refractivity contribution < 1.29 is 19.1 Å². The van der Waals surface area contributed by atoms with Gasteiger partial charge in [-0.25, -0.2) is 0 Å². The monoisotopic (exact) mass is 567 g/mol. The molecule has 0 saturated carbocycles. The summed E-state index contributed by atoms with van der Waals surface area (Å²) in [7, 11) is 0. The Hall–Kier alpha value is -1.06. The molecule has 0 aromatic carbocycles. The third-order valence-electron chi connectivity index (χ3n) is 8.36. The molecule has 0 N–H and O–H groups in total. The summed E-state index contributed by atoms with van der Waals surface area (Å²) in [5.74, 6) is 0.961. The first-order chi connectivity index (χ1) is 19.5. The summed E-state index contributed by atoms with van der Waals surface area (Å²) in [5, 5.41) is 0. The van der Waals surface area contributed by atoms with Crippen LogP contribution in [0, 0.1) is 11.8 Å². The van der Waals surface area contributed by atoms with Crippen molar-refractivity contribution in [1.29, 1.82) is 0 Å². The number of ether oxygens (including phenoxy) is 2. The van der Waals surface area contributed by atoms with E-state index in [1.165, 1.54) is 128 Å². The predicted molar refractivity (Wildman–Crippen MR) is 172 cm³/mol. The molecule has 0 bridgehead atoms. The van der Waals surface area contributed by atoms with Gasteiger partial charge in [0.25, 0.3) is 0 Å². The average molecular weight is 567 g/mol. The zero-order chi connectivity index (χ0) is 29.5. The third kappa shape index (κ3) is 29.9. The van der Waals surface area contributed by atoms with E-state index in [9.17, 15) is 9.59 Å². The Labute approximate surface area is 250 Å². The van der Waals surface area contributed by atoms with Crippen LogP contribution < -0.4 is 0 Å². The van der Waals surface area contributed by atoms with Crippen molar-refractivity contribution in [3.63, 3.8) is 0 Å². The standard InChI is InChI=1S/C36H70O4/c1-5-7-9-11-13-15-17-19-21-25-33(3)29-31-39-35(37)27-23-24-28-36(38)40-32-30-34(4)26-22-20-18-16-14-12-10-8-6-2/h33-34H,5-32H2,1-4H3. The van der Waals surface area contributed by atoms with Gasteiger partial charge in [-0.15, -0.1) is 0 Å². The van der Waals surface area contributed by atoms with Gasteiger partial charge in [-0.1, -0.05) is 156 Å². The first-order valence-electron chi connectivity index (χ1n) is 17.8. The van der Waals surface area contributed by atoms with Gasteiger partial charge >= 0.3 is 11.9 Å². The highest BCUT2D eigenvalue weighted by Crippen LogP contribution is 2.17. The van der Waals surface area contributed by atoms with Crippen molar-refractivity contribution >= 4 is 11.9 Å². The van der Waals surface area contributed by atoms with Crippen LogP contribution in [0.25, 0.3) is 0 Å². The lowest BCUT2D eigenvalue weighted by Crippen LogP contribution is -2.10. The Morgan fingerprint density at radius 2 is 0.725 bits per heavy atom. The Morgan fingerprint density at radius 1 is 0.425 bits per heavy atom. The Balaban J connectivity index is 3.48. The number of carbonyl (C=O) groups is 2. The van der Waals surface area contributed by atoms with Crippen LogP contribution in [0.5, 0.6) is 0 Å². The summed E-state index contributed by atoms with van der Waals surface area (Å²) >= 11 is 0. The molecule has 2 atom stereocenters. The second kappa shape index (κ2) is 30.9. The molecule has 0 amide bonds. The van der Waals surface area contributed by atoms with Crippen LogP contribution in [0.3, 0.4) is 0 Å². The summed E-state index contributed by atoms with van der Waals surface area (Å²) in [5.41, 5.74) is 0. The molecule has 238 valence electrons. The van der Waals surface area contributed by atoms with Gasteiger partial charge in [0, 0.05) is 12.8 Å².